The van der Waals surface area contributed by atoms with Gasteiger partial charge in [0.15, 0.2) is 0 Å². The summed E-state index contributed by atoms with van der Waals surface area (Å²) in [5.74, 6) is -0.111. The molecule has 0 atom stereocenters. The van der Waals surface area contributed by atoms with E-state index in [2.05, 4.69) is 62.4 Å². The van der Waals surface area contributed by atoms with E-state index in [1.807, 2.05) is 38.1 Å². The zero-order chi connectivity index (χ0) is 28.5. The van der Waals surface area contributed by atoms with Crippen molar-refractivity contribution in [1.82, 2.24) is 0 Å². The van der Waals surface area contributed by atoms with Gasteiger partial charge in [0.25, 0.3) is 0 Å². The average molecular weight is 529 g/mol. The minimum Gasteiger partial charge on any atom is -0.423 e. The molecule has 0 aliphatic heterocycles. The number of esters is 2. The Balaban J connectivity index is 0.000000222. The lowest BCUT2D eigenvalue weighted by molar-refractivity contribution is 0.0719. The lowest BCUT2D eigenvalue weighted by atomic mass is 10.0. The van der Waals surface area contributed by atoms with Gasteiger partial charge in [0.05, 0.1) is 11.1 Å². The Morgan fingerprint density at radius 3 is 0.900 bits per heavy atom. The lowest BCUT2D eigenvalue weighted by Gasteiger charge is -2.07. The number of hydrogen-bond donors (Lipinski definition) is 0. The van der Waals surface area contributed by atoms with Gasteiger partial charge in [-0.15, -0.1) is 0 Å². The highest BCUT2D eigenvalue weighted by molar-refractivity contribution is 5.92. The van der Waals surface area contributed by atoms with Crippen LogP contribution in [0.3, 0.4) is 0 Å². The van der Waals surface area contributed by atoms with E-state index in [9.17, 15) is 9.59 Å². The summed E-state index contributed by atoms with van der Waals surface area (Å²) in [7, 11) is 0. The van der Waals surface area contributed by atoms with Gasteiger partial charge in [-0.2, -0.15) is 0 Å². The minimum atomic E-state index is -0.436. The van der Waals surface area contributed by atoms with Crippen molar-refractivity contribution in [2.24, 2.45) is 0 Å². The molecule has 0 amide bonds. The van der Waals surface area contributed by atoms with Crippen LogP contribution in [-0.2, 0) is 0 Å². The molecule has 4 nitrogen and oxygen atoms in total. The molecule has 0 aromatic heterocycles. The van der Waals surface area contributed by atoms with Crippen LogP contribution in [0.25, 0.3) is 11.1 Å². The maximum absolute atomic E-state index is 12.1. The molecule has 200 valence electrons. The van der Waals surface area contributed by atoms with E-state index in [1.54, 1.807) is 48.5 Å². The maximum atomic E-state index is 12.1. The van der Waals surface area contributed by atoms with E-state index >= 15 is 0 Å². The van der Waals surface area contributed by atoms with Gasteiger partial charge < -0.3 is 9.47 Å². The number of hydrogen-bond acceptors (Lipinski definition) is 4. The first-order valence-electron chi connectivity index (χ1n) is 13.1. The van der Waals surface area contributed by atoms with Crippen molar-refractivity contribution < 1.29 is 19.1 Å². The van der Waals surface area contributed by atoms with Crippen LogP contribution in [0.15, 0.2) is 121 Å². The molecule has 0 N–H and O–H groups in total. The number of rotatable bonds is 5. The van der Waals surface area contributed by atoms with E-state index in [1.165, 1.54) is 22.3 Å². The Bertz CT molecular complexity index is 1430. The second-order valence-electron chi connectivity index (χ2n) is 9.71. The highest BCUT2D eigenvalue weighted by Gasteiger charge is 2.11. The molecule has 0 radical (unpaired) electrons. The van der Waals surface area contributed by atoms with Crippen molar-refractivity contribution in [3.63, 3.8) is 0 Å². The van der Waals surface area contributed by atoms with Crippen LogP contribution in [0.5, 0.6) is 11.5 Å². The van der Waals surface area contributed by atoms with Crippen LogP contribution in [-0.4, -0.2) is 11.9 Å². The van der Waals surface area contributed by atoms with Crippen molar-refractivity contribution in [2.45, 2.75) is 27.7 Å². The van der Waals surface area contributed by atoms with Crippen molar-refractivity contribution in [3.05, 3.63) is 155 Å². The van der Waals surface area contributed by atoms with Crippen molar-refractivity contribution in [2.75, 3.05) is 0 Å². The molecule has 40 heavy (non-hydrogen) atoms. The van der Waals surface area contributed by atoms with E-state index in [-0.39, 0.29) is 0 Å². The Morgan fingerprint density at radius 2 is 0.625 bits per heavy atom. The zero-order valence-electron chi connectivity index (χ0n) is 23.2. The fourth-order valence-electron chi connectivity index (χ4n) is 3.78. The Kier molecular flexibility index (Phi) is 9.27. The predicted octanol–water partition coefficient (Wildman–Crippen LogP) is 8.71. The van der Waals surface area contributed by atoms with Gasteiger partial charge in [-0.25, -0.2) is 9.59 Å². The highest BCUT2D eigenvalue weighted by atomic mass is 16.5. The van der Waals surface area contributed by atoms with Crippen LogP contribution in [0, 0.1) is 27.7 Å². The number of ether oxygens (including phenoxy) is 2. The lowest BCUT2D eigenvalue weighted by Crippen LogP contribution is -2.09. The van der Waals surface area contributed by atoms with Crippen LogP contribution in [0.1, 0.15) is 43.0 Å². The summed E-state index contributed by atoms with van der Waals surface area (Å²) >= 11 is 0. The number of benzene rings is 5. The largest absolute Gasteiger partial charge is 0.423 e. The van der Waals surface area contributed by atoms with Crippen LogP contribution in [0.4, 0.5) is 0 Å². The number of carbonyl (C=O) groups is 2. The van der Waals surface area contributed by atoms with E-state index < -0.39 is 11.9 Å². The molecule has 5 aromatic rings. The molecule has 0 aliphatic carbocycles. The van der Waals surface area contributed by atoms with E-state index in [0.29, 0.717) is 22.6 Å². The fourth-order valence-corrected chi connectivity index (χ4v) is 3.78. The minimum absolute atomic E-state index is 0.380. The summed E-state index contributed by atoms with van der Waals surface area (Å²) in [6, 6.07) is 37.9. The molecule has 0 saturated heterocycles. The van der Waals surface area contributed by atoms with Crippen LogP contribution >= 0.6 is 0 Å². The Morgan fingerprint density at radius 1 is 0.375 bits per heavy atom. The smallest absolute Gasteiger partial charge is 0.343 e. The Labute approximate surface area is 235 Å². The first kappa shape index (κ1) is 28.1. The summed E-state index contributed by atoms with van der Waals surface area (Å²) < 4.78 is 10.6. The molecule has 0 fully saturated rings. The average Bonchev–Trinajstić information content (AvgIpc) is 2.96. The molecule has 5 aromatic carbocycles. The van der Waals surface area contributed by atoms with Gasteiger partial charge in [-0.1, -0.05) is 95.1 Å². The molecule has 0 unspecified atom stereocenters. The first-order chi connectivity index (χ1) is 19.3. The molecular weight excluding hydrogens is 496 g/mol. The third-order valence-electron chi connectivity index (χ3n) is 6.26. The monoisotopic (exact) mass is 528 g/mol. The van der Waals surface area contributed by atoms with Gasteiger partial charge in [0.2, 0.25) is 0 Å². The molecule has 0 heterocycles. The molecule has 0 bridgehead atoms. The number of carbonyl (C=O) groups excluding carboxylic acids is 2. The SMILES string of the molecule is Cc1ccc(-c2ccc(C)cc2)cc1.Cc1ccc(C(=O)Oc2ccc(OC(=O)c3ccc(C)cc3)cc2)cc1. The third-order valence-corrected chi connectivity index (χ3v) is 6.26. The summed E-state index contributed by atoms with van der Waals surface area (Å²) in [6.45, 7) is 8.12. The van der Waals surface area contributed by atoms with E-state index in [0.717, 1.165) is 11.1 Å². The normalized spacial score (nSPS) is 10.2. The topological polar surface area (TPSA) is 52.6 Å². The van der Waals surface area contributed by atoms with Crippen LogP contribution in [0.2, 0.25) is 0 Å². The van der Waals surface area contributed by atoms with Gasteiger partial charge in [-0.05, 0) is 87.4 Å². The molecule has 0 spiro atoms. The third kappa shape index (κ3) is 8.02. The summed E-state index contributed by atoms with van der Waals surface area (Å²) in [4.78, 5) is 24.2. The van der Waals surface area contributed by atoms with Crippen molar-refractivity contribution in [3.8, 4) is 22.6 Å². The Hall–Kier alpha value is -4.96. The van der Waals surface area contributed by atoms with Gasteiger partial charge in [0, 0.05) is 0 Å². The second-order valence-corrected chi connectivity index (χ2v) is 9.71. The fraction of sp³-hybridized carbons (Fsp3) is 0.111. The van der Waals surface area contributed by atoms with Gasteiger partial charge in [0.1, 0.15) is 11.5 Å². The second kappa shape index (κ2) is 13.2. The van der Waals surface area contributed by atoms with Crippen LogP contribution < -0.4 is 9.47 Å². The van der Waals surface area contributed by atoms with Crippen molar-refractivity contribution in [1.29, 1.82) is 0 Å². The molecular formula is C36H32O4. The quantitative estimate of drug-likeness (QED) is 0.169. The predicted molar refractivity (Wildman–Crippen MR) is 160 cm³/mol. The summed E-state index contributed by atoms with van der Waals surface area (Å²) in [6.07, 6.45) is 0. The highest BCUT2D eigenvalue weighted by Crippen LogP contribution is 2.21. The van der Waals surface area contributed by atoms with Crippen molar-refractivity contribution >= 4 is 11.9 Å². The molecule has 5 rings (SSSR count). The van der Waals surface area contributed by atoms with E-state index in [4.69, 9.17) is 9.47 Å². The summed E-state index contributed by atoms with van der Waals surface area (Å²) in [5, 5.41) is 0. The van der Waals surface area contributed by atoms with Gasteiger partial charge >= 0.3 is 11.9 Å². The zero-order valence-corrected chi connectivity index (χ0v) is 23.2. The standard InChI is InChI=1S/C22H18O4.C14H14/c1-15-3-7-17(8-4-15)21(23)25-19-11-13-20(14-12-19)26-22(24)18-9-5-16(2)6-10-18;1-11-3-7-13(8-4-11)14-9-5-12(2)6-10-14/h3-14H,1-2H3;3-10H,1-2H3. The van der Waals surface area contributed by atoms with Gasteiger partial charge in [-0.3, -0.25) is 0 Å². The molecule has 0 aliphatic rings. The first-order valence-corrected chi connectivity index (χ1v) is 13.1. The maximum Gasteiger partial charge on any atom is 0.343 e. The molecule has 0 saturated carbocycles. The molecule has 4 heteroatoms. The summed E-state index contributed by atoms with van der Waals surface area (Å²) in [5.41, 5.74) is 8.28. The number of aryl methyl sites for hydroxylation is 4.